The van der Waals surface area contributed by atoms with Crippen LogP contribution in [0.5, 0.6) is 0 Å². The van der Waals surface area contributed by atoms with E-state index in [0.717, 1.165) is 6.54 Å². The molecule has 2 heteroatoms. The van der Waals surface area contributed by atoms with Gasteiger partial charge in [0.2, 0.25) is 0 Å². The fourth-order valence-corrected chi connectivity index (χ4v) is 0. The van der Waals surface area contributed by atoms with Crippen LogP contribution in [0.2, 0.25) is 0 Å². The maximum Gasteiger partial charge on any atom is 0.0563 e. The average Bonchev–Trinajstić information content (AvgIpc) is 1.27. The summed E-state index contributed by atoms with van der Waals surface area (Å²) in [4.78, 5) is 0. The van der Waals surface area contributed by atoms with E-state index >= 15 is 0 Å². The first kappa shape index (κ1) is 10.8. The molecule has 0 aromatic carbocycles. The van der Waals surface area contributed by atoms with E-state index in [-0.39, 0.29) is 0 Å². The van der Waals surface area contributed by atoms with Gasteiger partial charge >= 0.3 is 0 Å². The molecular formula is C6H17NO. The quantitative estimate of drug-likeness (QED) is 0.494. The van der Waals surface area contributed by atoms with Crippen LogP contribution in [0.4, 0.5) is 0 Å². The zero-order valence-electron chi connectivity index (χ0n) is 6.23. The van der Waals surface area contributed by atoms with E-state index in [9.17, 15) is 0 Å². The summed E-state index contributed by atoms with van der Waals surface area (Å²) in [6.07, 6.45) is 0. The van der Waals surface area contributed by atoms with Crippen molar-refractivity contribution in [2.45, 2.75) is 33.3 Å². The van der Waals surface area contributed by atoms with Gasteiger partial charge in [0.25, 0.3) is 0 Å². The summed E-state index contributed by atoms with van der Waals surface area (Å²) >= 11 is 0. The average molecular weight is 119 g/mol. The molecule has 0 fully saturated rings. The van der Waals surface area contributed by atoms with Gasteiger partial charge in [-0.25, -0.2) is 0 Å². The summed E-state index contributed by atoms with van der Waals surface area (Å²) in [6, 6.07) is 0. The molecule has 8 heavy (non-hydrogen) atoms. The molecule has 2 nitrogen and oxygen atoms in total. The van der Waals surface area contributed by atoms with Crippen LogP contribution in [0.3, 0.4) is 0 Å². The van der Waals surface area contributed by atoms with Crippen molar-refractivity contribution in [1.82, 2.24) is 0 Å². The summed E-state index contributed by atoms with van der Waals surface area (Å²) in [5.41, 5.74) is 4.35. The van der Waals surface area contributed by atoms with E-state index in [1.807, 2.05) is 6.92 Å². The molecule has 0 radical (unpaired) electrons. The van der Waals surface area contributed by atoms with Crippen LogP contribution in [0, 0.1) is 0 Å². The van der Waals surface area contributed by atoms with Crippen LogP contribution in [0.15, 0.2) is 0 Å². The van der Waals surface area contributed by atoms with E-state index in [4.69, 9.17) is 10.8 Å². The molecule has 0 saturated carbocycles. The summed E-state index contributed by atoms with van der Waals surface area (Å²) < 4.78 is 0. The van der Waals surface area contributed by atoms with E-state index in [1.54, 1.807) is 20.8 Å². The number of rotatable bonds is 0. The van der Waals surface area contributed by atoms with Gasteiger partial charge in [-0.05, 0) is 27.3 Å². The molecule has 0 aromatic rings. The van der Waals surface area contributed by atoms with Gasteiger partial charge in [-0.2, -0.15) is 0 Å². The number of hydrogen-bond acceptors (Lipinski definition) is 2. The van der Waals surface area contributed by atoms with Crippen molar-refractivity contribution in [2.75, 3.05) is 6.54 Å². The molecule has 0 bridgehead atoms. The topological polar surface area (TPSA) is 46.2 Å². The molecule has 0 atom stereocenters. The van der Waals surface area contributed by atoms with Crippen molar-refractivity contribution in [3.05, 3.63) is 0 Å². The van der Waals surface area contributed by atoms with Gasteiger partial charge in [-0.3, -0.25) is 0 Å². The first-order valence-electron chi connectivity index (χ1n) is 2.84. The van der Waals surface area contributed by atoms with E-state index in [2.05, 4.69) is 0 Å². The Morgan fingerprint density at radius 3 is 1.38 bits per heavy atom. The van der Waals surface area contributed by atoms with Crippen LogP contribution >= 0.6 is 0 Å². The second-order valence-electron chi connectivity index (χ2n) is 2.58. The Kier molecular flexibility index (Phi) is 6.85. The van der Waals surface area contributed by atoms with E-state index in [0.29, 0.717) is 0 Å². The Labute approximate surface area is 51.7 Å². The molecule has 0 spiro atoms. The zero-order chi connectivity index (χ0) is 7.21. The summed E-state index contributed by atoms with van der Waals surface area (Å²) in [5.74, 6) is 0. The SMILES string of the molecule is CC(C)(C)O.CCN. The van der Waals surface area contributed by atoms with Crippen molar-refractivity contribution < 1.29 is 5.11 Å². The van der Waals surface area contributed by atoms with Gasteiger partial charge in [0.1, 0.15) is 0 Å². The molecule has 0 aliphatic carbocycles. The lowest BCUT2D eigenvalue weighted by atomic mass is 10.2. The molecule has 0 aliphatic heterocycles. The summed E-state index contributed by atoms with van der Waals surface area (Å²) in [5, 5.41) is 8.52. The molecule has 3 N–H and O–H groups in total. The summed E-state index contributed by atoms with van der Waals surface area (Å²) in [7, 11) is 0. The highest BCUT2D eigenvalue weighted by Gasteiger charge is 1.97. The molecule has 52 valence electrons. The van der Waals surface area contributed by atoms with Crippen LogP contribution in [0.1, 0.15) is 27.7 Å². The zero-order valence-corrected chi connectivity index (χ0v) is 6.23. The van der Waals surface area contributed by atoms with Crippen LogP contribution in [0.25, 0.3) is 0 Å². The minimum absolute atomic E-state index is 0.500. The molecule has 0 rings (SSSR count). The highest BCUT2D eigenvalue weighted by atomic mass is 16.3. The summed E-state index contributed by atoms with van der Waals surface area (Å²) in [6.45, 7) is 7.88. The van der Waals surface area contributed by atoms with E-state index < -0.39 is 5.60 Å². The van der Waals surface area contributed by atoms with Crippen LogP contribution < -0.4 is 5.73 Å². The molecule has 0 saturated heterocycles. The molecule has 0 aromatic heterocycles. The number of hydrogen-bond donors (Lipinski definition) is 2. The molecule has 0 unspecified atom stereocenters. The van der Waals surface area contributed by atoms with Crippen LogP contribution in [-0.4, -0.2) is 17.3 Å². The minimum Gasteiger partial charge on any atom is -0.391 e. The van der Waals surface area contributed by atoms with Crippen molar-refractivity contribution in [2.24, 2.45) is 5.73 Å². The third-order valence-corrected chi connectivity index (χ3v) is 0. The predicted molar refractivity (Wildman–Crippen MR) is 36.7 cm³/mol. The highest BCUT2D eigenvalue weighted by Crippen LogP contribution is 1.93. The maximum absolute atomic E-state index is 8.52. The highest BCUT2D eigenvalue weighted by molar-refractivity contribution is 4.50. The van der Waals surface area contributed by atoms with Crippen molar-refractivity contribution in [3.63, 3.8) is 0 Å². The normalized spacial score (nSPS) is 9.75. The maximum atomic E-state index is 8.52. The Balaban J connectivity index is 0. The lowest BCUT2D eigenvalue weighted by Gasteiger charge is -2.04. The molecule has 0 heterocycles. The smallest absolute Gasteiger partial charge is 0.0563 e. The second kappa shape index (κ2) is 5.06. The largest absolute Gasteiger partial charge is 0.391 e. The molecule has 0 amide bonds. The van der Waals surface area contributed by atoms with Crippen molar-refractivity contribution in [3.8, 4) is 0 Å². The third-order valence-electron chi connectivity index (χ3n) is 0. The first-order chi connectivity index (χ1) is 3.41. The Morgan fingerprint density at radius 1 is 1.38 bits per heavy atom. The Hall–Kier alpha value is -0.0800. The van der Waals surface area contributed by atoms with Crippen LogP contribution in [-0.2, 0) is 0 Å². The lowest BCUT2D eigenvalue weighted by molar-refractivity contribution is 0.102. The van der Waals surface area contributed by atoms with Gasteiger partial charge in [-0.15, -0.1) is 0 Å². The fourth-order valence-electron chi connectivity index (χ4n) is 0. The number of nitrogens with two attached hydrogens (primary N) is 1. The number of aliphatic hydroxyl groups is 1. The Morgan fingerprint density at radius 2 is 1.38 bits per heavy atom. The van der Waals surface area contributed by atoms with Gasteiger partial charge in [0.05, 0.1) is 5.60 Å². The monoisotopic (exact) mass is 119 g/mol. The van der Waals surface area contributed by atoms with Gasteiger partial charge in [0.15, 0.2) is 0 Å². The first-order valence-corrected chi connectivity index (χ1v) is 2.84. The second-order valence-corrected chi connectivity index (χ2v) is 2.58. The van der Waals surface area contributed by atoms with Gasteiger partial charge in [0, 0.05) is 0 Å². The van der Waals surface area contributed by atoms with Gasteiger partial charge < -0.3 is 10.8 Å². The minimum atomic E-state index is -0.500. The van der Waals surface area contributed by atoms with E-state index in [1.165, 1.54) is 0 Å². The van der Waals surface area contributed by atoms with Crippen molar-refractivity contribution in [1.29, 1.82) is 0 Å². The standard InChI is InChI=1S/C4H10O.C2H7N/c1-4(2,3)5;1-2-3/h5H,1-3H3;2-3H2,1H3. The van der Waals surface area contributed by atoms with Gasteiger partial charge in [-0.1, -0.05) is 6.92 Å². The molecule has 0 aliphatic rings. The third kappa shape index (κ3) is 22400. The predicted octanol–water partition coefficient (Wildman–Crippen LogP) is 0.742. The lowest BCUT2D eigenvalue weighted by Crippen LogP contribution is -2.10. The Bertz CT molecular complexity index is 32.3. The molecular weight excluding hydrogens is 102 g/mol. The van der Waals surface area contributed by atoms with Crippen molar-refractivity contribution >= 4 is 0 Å². The fraction of sp³-hybridized carbons (Fsp3) is 1.00.